The Kier molecular flexibility index (Phi) is 7.44. The molecule has 0 aliphatic carbocycles. The van der Waals surface area contributed by atoms with Gasteiger partial charge in [0.05, 0.1) is 17.5 Å². The van der Waals surface area contributed by atoms with Crippen molar-refractivity contribution in [3.63, 3.8) is 0 Å². The Morgan fingerprint density at radius 3 is 2.15 bits per heavy atom. The van der Waals surface area contributed by atoms with Gasteiger partial charge in [-0.15, -0.1) is 0 Å². The number of hydrogen-bond acceptors (Lipinski definition) is 5. The van der Waals surface area contributed by atoms with Gasteiger partial charge in [0.25, 0.3) is 5.91 Å². The zero-order valence-corrected chi connectivity index (χ0v) is 21.5. The molecule has 39 heavy (non-hydrogen) atoms. The first kappa shape index (κ1) is 27.4. The van der Waals surface area contributed by atoms with Crippen LogP contribution >= 0.6 is 0 Å². The predicted molar refractivity (Wildman–Crippen MR) is 142 cm³/mol. The monoisotopic (exact) mass is 536 g/mol. The minimum absolute atomic E-state index is 0.0930. The number of nitrogens with zero attached hydrogens (tertiary/aromatic N) is 3. The fourth-order valence-electron chi connectivity index (χ4n) is 3.93. The Hall–Kier alpha value is -4.67. The summed E-state index contributed by atoms with van der Waals surface area (Å²) >= 11 is 0. The molecule has 0 aliphatic rings. The lowest BCUT2D eigenvalue weighted by molar-refractivity contribution is -0.137. The molecule has 2 heterocycles. The number of amides is 2. The molecule has 4 aromatic rings. The van der Waals surface area contributed by atoms with Crippen LogP contribution in [0.1, 0.15) is 42.3 Å². The number of hydrogen-bond donors (Lipinski definition) is 3. The van der Waals surface area contributed by atoms with Gasteiger partial charge in [0, 0.05) is 17.4 Å². The van der Waals surface area contributed by atoms with Crippen molar-refractivity contribution in [1.82, 2.24) is 14.8 Å². The number of primary amides is 1. The molecule has 202 valence electrons. The van der Waals surface area contributed by atoms with E-state index in [1.807, 2.05) is 26.8 Å². The molecule has 0 atom stereocenters. The van der Waals surface area contributed by atoms with Crippen LogP contribution in [0, 0.1) is 0 Å². The molecule has 2 aromatic heterocycles. The number of aromatic nitrogens is 3. The maximum absolute atomic E-state index is 12.8. The number of pyridine rings is 1. The largest absolute Gasteiger partial charge is 0.416 e. The third-order valence-electron chi connectivity index (χ3n) is 5.77. The Balaban J connectivity index is 1.57. The Bertz CT molecular complexity index is 1470. The molecule has 0 radical (unpaired) electrons. The number of carbonyl (C=O) groups excluding carboxylic acids is 2. The van der Waals surface area contributed by atoms with Gasteiger partial charge < -0.3 is 16.4 Å². The lowest BCUT2D eigenvalue weighted by Crippen LogP contribution is -2.25. The van der Waals surface area contributed by atoms with Crippen molar-refractivity contribution in [3.8, 4) is 11.3 Å². The van der Waals surface area contributed by atoms with Gasteiger partial charge in [-0.25, -0.2) is 9.67 Å². The van der Waals surface area contributed by atoms with Crippen LogP contribution in [0.5, 0.6) is 0 Å². The molecule has 8 nitrogen and oxygen atoms in total. The van der Waals surface area contributed by atoms with Crippen molar-refractivity contribution in [2.24, 2.45) is 5.73 Å². The number of rotatable bonds is 7. The minimum atomic E-state index is -4.44. The van der Waals surface area contributed by atoms with Crippen molar-refractivity contribution in [1.29, 1.82) is 0 Å². The standard InChI is InChI=1S/C28H27F3N6O2/c1-27(2,3)37-26(35-21-6-4-5-15-33-21)23(25(32)39)24(36-37)18-9-13-20(14-10-18)34-22(38)16-17-7-11-19(12-8-17)28(29,30)31/h4-15H,16H2,1-3H3,(H2,32,39)(H,33,35)(H,34,38). The molecule has 0 saturated carbocycles. The van der Waals surface area contributed by atoms with Gasteiger partial charge in [-0.2, -0.15) is 18.3 Å². The second-order valence-electron chi connectivity index (χ2n) is 9.86. The highest BCUT2D eigenvalue weighted by molar-refractivity contribution is 6.04. The third kappa shape index (κ3) is 6.43. The first-order valence-electron chi connectivity index (χ1n) is 12.0. The molecular weight excluding hydrogens is 509 g/mol. The first-order chi connectivity index (χ1) is 18.3. The van der Waals surface area contributed by atoms with Gasteiger partial charge in [0.1, 0.15) is 22.9 Å². The number of alkyl halides is 3. The first-order valence-corrected chi connectivity index (χ1v) is 12.0. The Labute approximate surface area is 223 Å². The van der Waals surface area contributed by atoms with Crippen molar-refractivity contribution in [2.75, 3.05) is 10.6 Å². The van der Waals surface area contributed by atoms with Gasteiger partial charge in [-0.05, 0) is 62.7 Å². The number of carbonyl (C=O) groups is 2. The van der Waals surface area contributed by atoms with Gasteiger partial charge in [-0.3, -0.25) is 9.59 Å². The van der Waals surface area contributed by atoms with Crippen LogP contribution in [0.25, 0.3) is 11.3 Å². The number of nitrogens with one attached hydrogen (secondary N) is 2. The molecule has 0 saturated heterocycles. The molecule has 0 aliphatic heterocycles. The summed E-state index contributed by atoms with van der Waals surface area (Å²) in [6.45, 7) is 5.81. The summed E-state index contributed by atoms with van der Waals surface area (Å²) in [5, 5.41) is 10.6. The minimum Gasteiger partial charge on any atom is -0.365 e. The van der Waals surface area contributed by atoms with E-state index < -0.39 is 23.2 Å². The van der Waals surface area contributed by atoms with Crippen molar-refractivity contribution in [3.05, 3.63) is 89.6 Å². The normalized spacial score (nSPS) is 11.7. The molecule has 0 unspecified atom stereocenters. The SMILES string of the molecule is CC(C)(C)n1nc(-c2ccc(NC(=O)Cc3ccc(C(F)(F)F)cc3)cc2)c(C(N)=O)c1Nc1ccccn1. The predicted octanol–water partition coefficient (Wildman–Crippen LogP) is 5.74. The van der Waals surface area contributed by atoms with E-state index in [2.05, 4.69) is 15.6 Å². The quantitative estimate of drug-likeness (QED) is 0.279. The summed E-state index contributed by atoms with van der Waals surface area (Å²) in [6.07, 6.45) is -2.91. The van der Waals surface area contributed by atoms with Crippen molar-refractivity contribution < 1.29 is 22.8 Å². The average Bonchev–Trinajstić information content (AvgIpc) is 3.25. The third-order valence-corrected chi connectivity index (χ3v) is 5.77. The molecule has 11 heteroatoms. The van der Waals surface area contributed by atoms with Crippen molar-refractivity contribution >= 4 is 29.1 Å². The zero-order chi connectivity index (χ0) is 28.4. The fraction of sp³-hybridized carbons (Fsp3) is 0.214. The maximum atomic E-state index is 12.8. The highest BCUT2D eigenvalue weighted by atomic mass is 19.4. The number of halogens is 3. The van der Waals surface area contributed by atoms with Crippen LogP contribution in [-0.4, -0.2) is 26.6 Å². The lowest BCUT2D eigenvalue weighted by atomic mass is 10.1. The van der Waals surface area contributed by atoms with Gasteiger partial charge in [-0.1, -0.05) is 30.3 Å². The maximum Gasteiger partial charge on any atom is 0.416 e. The van der Waals surface area contributed by atoms with Crippen LogP contribution in [0.2, 0.25) is 0 Å². The van der Waals surface area contributed by atoms with E-state index in [1.54, 1.807) is 47.3 Å². The van der Waals surface area contributed by atoms with Crippen molar-refractivity contribution in [2.45, 2.75) is 38.9 Å². The van der Waals surface area contributed by atoms with E-state index in [0.29, 0.717) is 34.1 Å². The van der Waals surface area contributed by atoms with Crippen LogP contribution in [-0.2, 0) is 22.9 Å². The van der Waals surface area contributed by atoms with Gasteiger partial charge in [0.2, 0.25) is 5.91 Å². The summed E-state index contributed by atoms with van der Waals surface area (Å²) in [6, 6.07) is 16.5. The van der Waals surface area contributed by atoms with E-state index in [-0.39, 0.29) is 17.9 Å². The van der Waals surface area contributed by atoms with Crippen LogP contribution in [0.4, 0.5) is 30.5 Å². The summed E-state index contributed by atoms with van der Waals surface area (Å²) in [5.41, 5.74) is 6.57. The average molecular weight is 537 g/mol. The zero-order valence-electron chi connectivity index (χ0n) is 21.5. The van der Waals surface area contributed by atoms with E-state index in [9.17, 15) is 22.8 Å². The number of benzene rings is 2. The van der Waals surface area contributed by atoms with Gasteiger partial charge >= 0.3 is 6.18 Å². The van der Waals surface area contributed by atoms with E-state index in [1.165, 1.54) is 12.1 Å². The van der Waals surface area contributed by atoms with E-state index in [4.69, 9.17) is 10.8 Å². The molecule has 0 fully saturated rings. The smallest absolute Gasteiger partial charge is 0.365 e. The lowest BCUT2D eigenvalue weighted by Gasteiger charge is -2.23. The Morgan fingerprint density at radius 1 is 0.949 bits per heavy atom. The summed E-state index contributed by atoms with van der Waals surface area (Å²) in [7, 11) is 0. The molecule has 2 amide bonds. The molecule has 4 N–H and O–H groups in total. The summed E-state index contributed by atoms with van der Waals surface area (Å²) < 4.78 is 39.9. The van der Waals surface area contributed by atoms with Gasteiger partial charge in [0.15, 0.2) is 0 Å². The second kappa shape index (κ2) is 10.6. The highest BCUT2D eigenvalue weighted by Gasteiger charge is 2.30. The number of anilines is 3. The van der Waals surface area contributed by atoms with Crippen LogP contribution in [0.3, 0.4) is 0 Å². The summed E-state index contributed by atoms with van der Waals surface area (Å²) in [4.78, 5) is 29.3. The molecular formula is C28H27F3N6O2. The molecule has 0 bridgehead atoms. The topological polar surface area (TPSA) is 115 Å². The second-order valence-corrected chi connectivity index (χ2v) is 9.86. The fourth-order valence-corrected chi connectivity index (χ4v) is 3.93. The molecule has 2 aromatic carbocycles. The van der Waals surface area contributed by atoms with E-state index >= 15 is 0 Å². The summed E-state index contributed by atoms with van der Waals surface area (Å²) in [5.74, 6) is -0.146. The number of nitrogens with two attached hydrogens (primary N) is 1. The highest BCUT2D eigenvalue weighted by Crippen LogP contribution is 2.34. The molecule has 4 rings (SSSR count). The Morgan fingerprint density at radius 2 is 1.62 bits per heavy atom. The molecule has 0 spiro atoms. The van der Waals surface area contributed by atoms with Crippen LogP contribution < -0.4 is 16.4 Å². The van der Waals surface area contributed by atoms with Crippen LogP contribution in [0.15, 0.2) is 72.9 Å². The van der Waals surface area contributed by atoms with E-state index in [0.717, 1.165) is 12.1 Å².